The SMILES string of the molecule is CCCCCCCCCCC/C=C\C/C=C\CCCCCCCCCCCCCCCCCCC(O)C(=O)NC(CO)C(O)C(O)CCCCCCC. The summed E-state index contributed by atoms with van der Waals surface area (Å²) in [5, 5.41) is 43.1. The number of aliphatic hydroxyl groups excluding tert-OH is 4. The first-order chi connectivity index (χ1) is 26.0. The summed E-state index contributed by atoms with van der Waals surface area (Å²) in [6.07, 6.45) is 48.6. The van der Waals surface area contributed by atoms with Crippen molar-refractivity contribution >= 4 is 5.91 Å². The van der Waals surface area contributed by atoms with Gasteiger partial charge in [-0.15, -0.1) is 0 Å². The van der Waals surface area contributed by atoms with Gasteiger partial charge in [0.15, 0.2) is 0 Å². The summed E-state index contributed by atoms with van der Waals surface area (Å²) in [5.41, 5.74) is 0. The fourth-order valence-corrected chi connectivity index (χ4v) is 7.20. The number of hydrogen-bond donors (Lipinski definition) is 5. The summed E-state index contributed by atoms with van der Waals surface area (Å²) in [6.45, 7) is 3.95. The van der Waals surface area contributed by atoms with Crippen LogP contribution in [-0.4, -0.2) is 57.3 Å². The average Bonchev–Trinajstić information content (AvgIpc) is 3.16. The highest BCUT2D eigenvalue weighted by molar-refractivity contribution is 5.80. The van der Waals surface area contributed by atoms with Gasteiger partial charge in [-0.1, -0.05) is 218 Å². The Hall–Kier alpha value is -1.21. The van der Waals surface area contributed by atoms with E-state index in [1.54, 1.807) is 0 Å². The zero-order valence-corrected chi connectivity index (χ0v) is 35.3. The van der Waals surface area contributed by atoms with Crippen LogP contribution in [-0.2, 0) is 4.79 Å². The van der Waals surface area contributed by atoms with Crippen LogP contribution < -0.4 is 5.32 Å². The smallest absolute Gasteiger partial charge is 0.249 e. The van der Waals surface area contributed by atoms with Gasteiger partial charge in [0.25, 0.3) is 0 Å². The normalized spacial score (nSPS) is 14.3. The second kappa shape index (κ2) is 41.9. The van der Waals surface area contributed by atoms with Gasteiger partial charge < -0.3 is 25.7 Å². The van der Waals surface area contributed by atoms with E-state index in [9.17, 15) is 25.2 Å². The first-order valence-corrected chi connectivity index (χ1v) is 23.2. The van der Waals surface area contributed by atoms with Crippen LogP contribution in [0.15, 0.2) is 24.3 Å². The number of carbonyl (C=O) groups excluding carboxylic acids is 1. The molecular weight excluding hydrogens is 659 g/mol. The quantitative estimate of drug-likeness (QED) is 0.0315. The number of rotatable bonds is 42. The molecule has 4 atom stereocenters. The van der Waals surface area contributed by atoms with E-state index < -0.39 is 36.9 Å². The highest BCUT2D eigenvalue weighted by Crippen LogP contribution is 2.16. The third-order valence-electron chi connectivity index (χ3n) is 10.9. The summed E-state index contributed by atoms with van der Waals surface area (Å²) in [4.78, 5) is 12.4. The molecular formula is C47H91NO5. The molecule has 314 valence electrons. The third-order valence-corrected chi connectivity index (χ3v) is 10.9. The van der Waals surface area contributed by atoms with Gasteiger partial charge in [-0.2, -0.15) is 0 Å². The monoisotopic (exact) mass is 750 g/mol. The first kappa shape index (κ1) is 51.8. The van der Waals surface area contributed by atoms with Crippen molar-refractivity contribution in [2.45, 2.75) is 263 Å². The molecule has 53 heavy (non-hydrogen) atoms. The molecule has 0 rings (SSSR count). The van der Waals surface area contributed by atoms with Gasteiger partial charge in [-0.25, -0.2) is 0 Å². The number of nitrogens with one attached hydrogen (secondary N) is 1. The zero-order chi connectivity index (χ0) is 38.9. The number of carbonyl (C=O) groups is 1. The molecule has 0 fully saturated rings. The Kier molecular flexibility index (Phi) is 41.0. The van der Waals surface area contributed by atoms with Crippen LogP contribution in [0.2, 0.25) is 0 Å². The highest BCUT2D eigenvalue weighted by atomic mass is 16.3. The molecule has 0 aromatic heterocycles. The maximum atomic E-state index is 12.4. The van der Waals surface area contributed by atoms with Crippen molar-refractivity contribution in [3.05, 3.63) is 24.3 Å². The summed E-state index contributed by atoms with van der Waals surface area (Å²) in [5.74, 6) is -0.588. The van der Waals surface area contributed by atoms with Crippen LogP contribution in [0.1, 0.15) is 239 Å². The molecule has 0 bridgehead atoms. The second-order valence-corrected chi connectivity index (χ2v) is 16.1. The minimum Gasteiger partial charge on any atom is -0.394 e. The van der Waals surface area contributed by atoms with E-state index in [0.29, 0.717) is 12.8 Å². The molecule has 1 amide bonds. The van der Waals surface area contributed by atoms with E-state index in [1.165, 1.54) is 154 Å². The minimum absolute atomic E-state index is 0.370. The predicted octanol–water partition coefficient (Wildman–Crippen LogP) is 12.4. The van der Waals surface area contributed by atoms with Crippen LogP contribution >= 0.6 is 0 Å². The Bertz CT molecular complexity index is 802. The minimum atomic E-state index is -1.25. The van der Waals surface area contributed by atoms with Crippen LogP contribution in [0.5, 0.6) is 0 Å². The molecule has 5 N–H and O–H groups in total. The lowest BCUT2D eigenvalue weighted by molar-refractivity contribution is -0.132. The first-order valence-electron chi connectivity index (χ1n) is 23.2. The molecule has 6 heteroatoms. The molecule has 6 nitrogen and oxygen atoms in total. The maximum absolute atomic E-state index is 12.4. The molecule has 0 aromatic carbocycles. The molecule has 0 aromatic rings. The van der Waals surface area contributed by atoms with Gasteiger partial charge in [0.05, 0.1) is 18.8 Å². The maximum Gasteiger partial charge on any atom is 0.249 e. The zero-order valence-electron chi connectivity index (χ0n) is 35.3. The summed E-state index contributed by atoms with van der Waals surface area (Å²) in [6, 6.07) is -0.979. The Labute approximate surface area is 329 Å². The van der Waals surface area contributed by atoms with E-state index in [0.717, 1.165) is 57.8 Å². The van der Waals surface area contributed by atoms with Gasteiger partial charge >= 0.3 is 0 Å². The number of hydrogen-bond acceptors (Lipinski definition) is 5. The number of aliphatic hydroxyl groups is 4. The van der Waals surface area contributed by atoms with Crippen LogP contribution in [0.4, 0.5) is 0 Å². The molecule has 0 aliphatic carbocycles. The Balaban J connectivity index is 3.50. The Morgan fingerprint density at radius 3 is 1.19 bits per heavy atom. The number of unbranched alkanes of at least 4 members (excludes halogenated alkanes) is 29. The Morgan fingerprint density at radius 2 is 0.811 bits per heavy atom. The molecule has 0 heterocycles. The van der Waals surface area contributed by atoms with Gasteiger partial charge in [0, 0.05) is 0 Å². The van der Waals surface area contributed by atoms with Crippen molar-refractivity contribution in [3.63, 3.8) is 0 Å². The van der Waals surface area contributed by atoms with Crippen LogP contribution in [0, 0.1) is 0 Å². The Morgan fingerprint density at radius 1 is 0.472 bits per heavy atom. The molecule has 0 saturated carbocycles. The second-order valence-electron chi connectivity index (χ2n) is 16.1. The summed E-state index contributed by atoms with van der Waals surface area (Å²) >= 11 is 0. The molecule has 0 radical (unpaired) electrons. The standard InChI is InChI=1S/C47H91NO5/c1-3-5-7-9-10-11-12-13-14-15-16-17-18-19-20-21-22-23-24-25-26-27-28-29-30-31-32-33-34-35-37-39-41-45(51)47(53)48-43(42-49)46(52)44(50)40-38-36-8-6-4-2/h16-17,19-20,43-46,49-52H,3-15,18,21-42H2,1-2H3,(H,48,53)/b17-16-,20-19-. The fraction of sp³-hybridized carbons (Fsp3) is 0.894. The van der Waals surface area contributed by atoms with E-state index in [4.69, 9.17) is 0 Å². The van der Waals surface area contributed by atoms with E-state index in [1.807, 2.05) is 0 Å². The van der Waals surface area contributed by atoms with Crippen molar-refractivity contribution in [2.75, 3.05) is 6.61 Å². The van der Waals surface area contributed by atoms with E-state index in [2.05, 4.69) is 43.5 Å². The van der Waals surface area contributed by atoms with E-state index in [-0.39, 0.29) is 0 Å². The van der Waals surface area contributed by atoms with Crippen LogP contribution in [0.3, 0.4) is 0 Å². The van der Waals surface area contributed by atoms with Crippen molar-refractivity contribution < 1.29 is 25.2 Å². The van der Waals surface area contributed by atoms with Crippen molar-refractivity contribution in [3.8, 4) is 0 Å². The fourth-order valence-electron chi connectivity index (χ4n) is 7.20. The molecule has 0 aliphatic rings. The van der Waals surface area contributed by atoms with E-state index >= 15 is 0 Å². The van der Waals surface area contributed by atoms with Crippen molar-refractivity contribution in [1.29, 1.82) is 0 Å². The van der Waals surface area contributed by atoms with Gasteiger partial charge in [0.2, 0.25) is 5.91 Å². The number of amides is 1. The summed E-state index contributed by atoms with van der Waals surface area (Å²) < 4.78 is 0. The lowest BCUT2D eigenvalue weighted by Gasteiger charge is -2.27. The average molecular weight is 750 g/mol. The van der Waals surface area contributed by atoms with Gasteiger partial charge in [-0.3, -0.25) is 4.79 Å². The predicted molar refractivity (Wildman–Crippen MR) is 228 cm³/mol. The number of allylic oxidation sites excluding steroid dienone is 4. The molecule has 0 saturated heterocycles. The van der Waals surface area contributed by atoms with Crippen molar-refractivity contribution in [1.82, 2.24) is 5.32 Å². The van der Waals surface area contributed by atoms with Gasteiger partial charge in [-0.05, 0) is 44.9 Å². The van der Waals surface area contributed by atoms with Gasteiger partial charge in [0.1, 0.15) is 12.2 Å². The lowest BCUT2D eigenvalue weighted by Crippen LogP contribution is -2.53. The molecule has 0 aliphatic heterocycles. The third kappa shape index (κ3) is 36.2. The van der Waals surface area contributed by atoms with Crippen LogP contribution in [0.25, 0.3) is 0 Å². The topological polar surface area (TPSA) is 110 Å². The van der Waals surface area contributed by atoms with Crippen molar-refractivity contribution in [2.24, 2.45) is 0 Å². The lowest BCUT2D eigenvalue weighted by atomic mass is 9.99. The molecule has 0 spiro atoms. The largest absolute Gasteiger partial charge is 0.394 e. The highest BCUT2D eigenvalue weighted by Gasteiger charge is 2.28. The summed E-state index contributed by atoms with van der Waals surface area (Å²) in [7, 11) is 0. The molecule has 4 unspecified atom stereocenters.